The van der Waals surface area contributed by atoms with Crippen molar-refractivity contribution < 1.29 is 14.9 Å². The fraction of sp³-hybridized carbons (Fsp3) is 0.143. The molecule has 26 heavy (non-hydrogen) atoms. The highest BCUT2D eigenvalue weighted by Crippen LogP contribution is 2.37. The molecule has 0 aliphatic carbocycles. The van der Waals surface area contributed by atoms with Crippen LogP contribution in [0.4, 0.5) is 0 Å². The quantitative estimate of drug-likeness (QED) is 0.593. The standard InChI is InChI=1S/C21H19NO3.ClH/c23-19-12-14-9-10-22-21(18(14)13-20(19)24)15-5-4-8-17(11-15)25-16-6-2-1-3-7-16;/h1-8,11-13,21-24H,9-10H2;1H. The predicted molar refractivity (Wildman–Crippen MR) is 104 cm³/mol. The van der Waals surface area contributed by atoms with Gasteiger partial charge in [-0.3, -0.25) is 0 Å². The lowest BCUT2D eigenvalue weighted by atomic mass is 9.89. The highest BCUT2D eigenvalue weighted by molar-refractivity contribution is 5.85. The molecular weight excluding hydrogens is 350 g/mol. The first kappa shape index (κ1) is 18.1. The molecule has 1 atom stereocenters. The van der Waals surface area contributed by atoms with Crippen molar-refractivity contribution >= 4 is 12.4 Å². The number of phenols is 2. The van der Waals surface area contributed by atoms with Gasteiger partial charge in [-0.25, -0.2) is 0 Å². The van der Waals surface area contributed by atoms with E-state index in [0.717, 1.165) is 41.2 Å². The van der Waals surface area contributed by atoms with E-state index >= 15 is 0 Å². The van der Waals surface area contributed by atoms with Crippen LogP contribution in [0.1, 0.15) is 22.7 Å². The Morgan fingerprint density at radius 1 is 0.846 bits per heavy atom. The summed E-state index contributed by atoms with van der Waals surface area (Å²) in [5.74, 6) is 1.39. The molecule has 0 amide bonds. The van der Waals surface area contributed by atoms with E-state index in [2.05, 4.69) is 5.32 Å². The van der Waals surface area contributed by atoms with E-state index in [0.29, 0.717) is 0 Å². The molecule has 1 unspecified atom stereocenters. The van der Waals surface area contributed by atoms with Crippen molar-refractivity contribution in [2.24, 2.45) is 0 Å². The van der Waals surface area contributed by atoms with Gasteiger partial charge in [-0.05, 0) is 59.5 Å². The molecule has 134 valence electrons. The van der Waals surface area contributed by atoms with Crippen LogP contribution in [0.5, 0.6) is 23.0 Å². The average molecular weight is 370 g/mol. The summed E-state index contributed by atoms with van der Waals surface area (Å²) in [4.78, 5) is 0. The molecule has 0 fully saturated rings. The van der Waals surface area contributed by atoms with Crippen LogP contribution in [0.15, 0.2) is 66.7 Å². The minimum atomic E-state index is -0.0934. The van der Waals surface area contributed by atoms with Gasteiger partial charge in [0.2, 0.25) is 0 Å². The highest BCUT2D eigenvalue weighted by Gasteiger charge is 2.23. The van der Waals surface area contributed by atoms with Crippen molar-refractivity contribution in [3.8, 4) is 23.0 Å². The summed E-state index contributed by atoms with van der Waals surface area (Å²) in [6, 6.07) is 20.8. The van der Waals surface area contributed by atoms with E-state index in [9.17, 15) is 10.2 Å². The van der Waals surface area contributed by atoms with Gasteiger partial charge in [0.15, 0.2) is 11.5 Å². The molecular formula is C21H20ClNO3. The second-order valence-electron chi connectivity index (χ2n) is 6.16. The first-order valence-corrected chi connectivity index (χ1v) is 8.32. The number of benzene rings is 3. The average Bonchev–Trinajstić information content (AvgIpc) is 2.63. The van der Waals surface area contributed by atoms with Gasteiger partial charge in [0, 0.05) is 6.54 Å². The van der Waals surface area contributed by atoms with Gasteiger partial charge in [0.05, 0.1) is 6.04 Å². The van der Waals surface area contributed by atoms with Crippen molar-refractivity contribution in [2.75, 3.05) is 6.54 Å². The molecule has 0 aromatic heterocycles. The van der Waals surface area contributed by atoms with E-state index in [-0.39, 0.29) is 29.9 Å². The number of fused-ring (bicyclic) bond motifs is 1. The van der Waals surface area contributed by atoms with E-state index in [1.165, 1.54) is 0 Å². The molecule has 3 aromatic carbocycles. The van der Waals surface area contributed by atoms with E-state index < -0.39 is 0 Å². The van der Waals surface area contributed by atoms with Gasteiger partial charge < -0.3 is 20.3 Å². The van der Waals surface area contributed by atoms with E-state index in [4.69, 9.17) is 4.74 Å². The van der Waals surface area contributed by atoms with Crippen molar-refractivity contribution in [3.05, 3.63) is 83.4 Å². The first-order chi connectivity index (χ1) is 12.2. The van der Waals surface area contributed by atoms with Crippen LogP contribution >= 0.6 is 12.4 Å². The number of para-hydroxylation sites is 1. The zero-order chi connectivity index (χ0) is 17.2. The molecule has 4 nitrogen and oxygen atoms in total. The lowest BCUT2D eigenvalue weighted by molar-refractivity contribution is 0.400. The Balaban J connectivity index is 0.00000196. The minimum Gasteiger partial charge on any atom is -0.504 e. The third kappa shape index (κ3) is 3.62. The predicted octanol–water partition coefficient (Wildman–Crippen LogP) is 4.55. The van der Waals surface area contributed by atoms with Crippen molar-refractivity contribution in [1.29, 1.82) is 0 Å². The maximum atomic E-state index is 9.89. The zero-order valence-corrected chi connectivity index (χ0v) is 14.9. The van der Waals surface area contributed by atoms with Gasteiger partial charge in [-0.15, -0.1) is 12.4 Å². The number of nitrogens with one attached hydrogen (secondary N) is 1. The summed E-state index contributed by atoms with van der Waals surface area (Å²) < 4.78 is 5.92. The number of aromatic hydroxyl groups is 2. The summed E-state index contributed by atoms with van der Waals surface area (Å²) in [6.07, 6.45) is 0.819. The molecule has 1 aliphatic heterocycles. The lowest BCUT2D eigenvalue weighted by Gasteiger charge is -2.28. The number of ether oxygens (including phenoxy) is 1. The minimum absolute atomic E-state index is 0. The third-order valence-electron chi connectivity index (χ3n) is 4.46. The third-order valence-corrected chi connectivity index (χ3v) is 4.46. The fourth-order valence-corrected chi connectivity index (χ4v) is 3.26. The molecule has 0 bridgehead atoms. The largest absolute Gasteiger partial charge is 0.504 e. The molecule has 3 aromatic rings. The van der Waals surface area contributed by atoms with Crippen molar-refractivity contribution in [2.45, 2.75) is 12.5 Å². The van der Waals surface area contributed by atoms with Gasteiger partial charge in [-0.2, -0.15) is 0 Å². The smallest absolute Gasteiger partial charge is 0.157 e. The Bertz CT molecular complexity index is 899. The number of phenolic OH excluding ortho intramolecular Hbond substituents is 2. The highest BCUT2D eigenvalue weighted by atomic mass is 35.5. The molecule has 4 rings (SSSR count). The number of halogens is 1. The Kier molecular flexibility index (Phi) is 5.35. The van der Waals surface area contributed by atoms with Gasteiger partial charge in [0.25, 0.3) is 0 Å². The molecule has 3 N–H and O–H groups in total. The van der Waals surface area contributed by atoms with Crippen LogP contribution in [-0.2, 0) is 6.42 Å². The van der Waals surface area contributed by atoms with Gasteiger partial charge >= 0.3 is 0 Å². The molecule has 0 spiro atoms. The van der Waals surface area contributed by atoms with Crippen LogP contribution in [-0.4, -0.2) is 16.8 Å². The van der Waals surface area contributed by atoms with Gasteiger partial charge in [0.1, 0.15) is 11.5 Å². The second-order valence-corrected chi connectivity index (χ2v) is 6.16. The fourth-order valence-electron chi connectivity index (χ4n) is 3.26. The Morgan fingerprint density at radius 2 is 1.58 bits per heavy atom. The Morgan fingerprint density at radius 3 is 2.38 bits per heavy atom. The Labute approximate surface area is 158 Å². The summed E-state index contributed by atoms with van der Waals surface area (Å²) in [7, 11) is 0. The molecule has 0 saturated heterocycles. The second kappa shape index (κ2) is 7.68. The molecule has 5 heteroatoms. The summed E-state index contributed by atoms with van der Waals surface area (Å²) in [5, 5.41) is 23.1. The number of hydrogen-bond acceptors (Lipinski definition) is 4. The van der Waals surface area contributed by atoms with E-state index in [1.807, 2.05) is 54.6 Å². The summed E-state index contributed by atoms with van der Waals surface area (Å²) >= 11 is 0. The van der Waals surface area contributed by atoms with Crippen LogP contribution in [0, 0.1) is 0 Å². The normalized spacial score (nSPS) is 15.6. The van der Waals surface area contributed by atoms with Crippen molar-refractivity contribution in [1.82, 2.24) is 5.32 Å². The SMILES string of the molecule is Cl.Oc1cc2c(cc1O)C(c1cccc(Oc3ccccc3)c1)NCC2. The molecule has 1 aliphatic rings. The zero-order valence-electron chi connectivity index (χ0n) is 14.1. The number of hydrogen-bond donors (Lipinski definition) is 3. The number of rotatable bonds is 3. The maximum Gasteiger partial charge on any atom is 0.157 e. The lowest BCUT2D eigenvalue weighted by Crippen LogP contribution is -2.30. The van der Waals surface area contributed by atoms with Crippen molar-refractivity contribution in [3.63, 3.8) is 0 Å². The van der Waals surface area contributed by atoms with E-state index in [1.54, 1.807) is 12.1 Å². The summed E-state index contributed by atoms with van der Waals surface area (Å²) in [6.45, 7) is 0.811. The maximum absolute atomic E-state index is 9.89. The van der Waals surface area contributed by atoms with Crippen LogP contribution in [0.25, 0.3) is 0 Å². The topological polar surface area (TPSA) is 61.7 Å². The molecule has 0 radical (unpaired) electrons. The van der Waals surface area contributed by atoms with Crippen LogP contribution in [0.3, 0.4) is 0 Å². The van der Waals surface area contributed by atoms with Crippen LogP contribution < -0.4 is 10.1 Å². The monoisotopic (exact) mass is 369 g/mol. The molecule has 1 heterocycles. The Hall–Kier alpha value is -2.69. The first-order valence-electron chi connectivity index (χ1n) is 8.32. The molecule has 0 saturated carbocycles. The summed E-state index contributed by atoms with van der Waals surface area (Å²) in [5.41, 5.74) is 3.09. The van der Waals surface area contributed by atoms with Gasteiger partial charge in [-0.1, -0.05) is 30.3 Å². The van der Waals surface area contributed by atoms with Crippen LogP contribution in [0.2, 0.25) is 0 Å².